The van der Waals surface area contributed by atoms with E-state index in [2.05, 4.69) is 31.3 Å². The molecule has 0 radical (unpaired) electrons. The maximum atomic E-state index is 5.62. The summed E-state index contributed by atoms with van der Waals surface area (Å²) in [7, 11) is 1.68. The van der Waals surface area contributed by atoms with Crippen LogP contribution in [0.2, 0.25) is 0 Å². The molecule has 1 N–H and O–H groups in total. The fraction of sp³-hybridized carbons (Fsp3) is 0.500. The number of nitrogens with one attached hydrogen (secondary N) is 1. The molecule has 1 aromatic rings. The van der Waals surface area contributed by atoms with Gasteiger partial charge >= 0.3 is 0 Å². The van der Waals surface area contributed by atoms with Crippen molar-refractivity contribution < 1.29 is 4.74 Å². The Balaban J connectivity index is 2.83. The second-order valence-corrected chi connectivity index (χ2v) is 4.44. The third-order valence-electron chi connectivity index (χ3n) is 2.51. The molecule has 1 rings (SSSR count). The summed E-state index contributed by atoms with van der Waals surface area (Å²) < 4.78 is 5.21. The van der Waals surface area contributed by atoms with Gasteiger partial charge in [-0.15, -0.1) is 11.6 Å². The van der Waals surface area contributed by atoms with Gasteiger partial charge in [-0.1, -0.05) is 26.0 Å². The second kappa shape index (κ2) is 5.38. The zero-order valence-corrected chi connectivity index (χ0v) is 10.3. The molecule has 0 aliphatic heterocycles. The molecule has 0 fully saturated rings. The van der Waals surface area contributed by atoms with Crippen molar-refractivity contribution in [3.05, 3.63) is 29.8 Å². The van der Waals surface area contributed by atoms with Crippen molar-refractivity contribution in [3.8, 4) is 5.75 Å². The van der Waals surface area contributed by atoms with E-state index in [-0.39, 0.29) is 5.41 Å². The zero-order valence-electron chi connectivity index (χ0n) is 9.51. The maximum Gasteiger partial charge on any atom is 0.119 e. The molecule has 0 aromatic heterocycles. The minimum Gasteiger partial charge on any atom is -0.497 e. The molecule has 2 nitrogen and oxygen atoms in total. The average molecular weight is 228 g/mol. The Bertz CT molecular complexity index is 312. The highest BCUT2D eigenvalue weighted by Crippen LogP contribution is 2.25. The summed E-state index contributed by atoms with van der Waals surface area (Å²) in [5.41, 5.74) is 1.31. The van der Waals surface area contributed by atoms with Crippen molar-refractivity contribution in [2.24, 2.45) is 0 Å². The van der Waals surface area contributed by atoms with Gasteiger partial charge < -0.3 is 10.1 Å². The predicted octanol–water partition coefficient (Wildman–Crippen LogP) is 2.76. The minimum atomic E-state index is 0.0590. The predicted molar refractivity (Wildman–Crippen MR) is 64.7 cm³/mol. The third-order valence-corrected chi connectivity index (χ3v) is 2.70. The summed E-state index contributed by atoms with van der Waals surface area (Å²) in [5.74, 6) is 0.895. The van der Waals surface area contributed by atoms with E-state index >= 15 is 0 Å². The number of methoxy groups -OCH3 is 1. The van der Waals surface area contributed by atoms with Crippen LogP contribution in [0.5, 0.6) is 5.75 Å². The van der Waals surface area contributed by atoms with Crippen molar-refractivity contribution in [2.75, 3.05) is 19.7 Å². The van der Waals surface area contributed by atoms with Crippen LogP contribution in [0.25, 0.3) is 0 Å². The standard InChI is InChI=1S/C12H18ClNO/c1-12(2,8-14-9-13)10-5-4-6-11(7-10)15-3/h4-7,14H,8-9H2,1-3H3. The lowest BCUT2D eigenvalue weighted by Crippen LogP contribution is -2.32. The van der Waals surface area contributed by atoms with Gasteiger partial charge in [0.25, 0.3) is 0 Å². The molecule has 0 aliphatic rings. The molecule has 0 bridgehead atoms. The lowest BCUT2D eigenvalue weighted by molar-refractivity contribution is 0.411. The van der Waals surface area contributed by atoms with Crippen LogP contribution in [0, 0.1) is 0 Å². The molecule has 3 heteroatoms. The van der Waals surface area contributed by atoms with E-state index in [9.17, 15) is 0 Å². The molecule has 1 aromatic carbocycles. The number of hydrogen-bond donors (Lipinski definition) is 1. The Hall–Kier alpha value is -0.730. The average Bonchev–Trinajstić information content (AvgIpc) is 2.26. The SMILES string of the molecule is COc1cccc(C(C)(C)CNCCl)c1. The fourth-order valence-corrected chi connectivity index (χ4v) is 1.60. The van der Waals surface area contributed by atoms with Crippen LogP contribution < -0.4 is 10.1 Å². The van der Waals surface area contributed by atoms with Gasteiger partial charge in [0.05, 0.1) is 13.1 Å². The number of hydrogen-bond acceptors (Lipinski definition) is 2. The molecular weight excluding hydrogens is 210 g/mol. The van der Waals surface area contributed by atoms with Gasteiger partial charge in [-0.2, -0.15) is 0 Å². The topological polar surface area (TPSA) is 21.3 Å². The van der Waals surface area contributed by atoms with E-state index in [1.807, 2.05) is 12.1 Å². The third kappa shape index (κ3) is 3.40. The molecule has 0 unspecified atom stereocenters. The monoisotopic (exact) mass is 227 g/mol. The summed E-state index contributed by atoms with van der Waals surface area (Å²) in [6, 6.07) is 8.62. The van der Waals surface area contributed by atoms with Crippen LogP contribution >= 0.6 is 11.6 Å². The molecule has 0 amide bonds. The molecule has 0 spiro atoms. The first-order chi connectivity index (χ1) is 7.10. The second-order valence-electron chi connectivity index (χ2n) is 4.18. The van der Waals surface area contributed by atoms with E-state index < -0.39 is 0 Å². The number of halogens is 1. The molecular formula is C12H18ClNO. The Morgan fingerprint density at radius 3 is 2.73 bits per heavy atom. The highest BCUT2D eigenvalue weighted by atomic mass is 35.5. The number of ether oxygens (including phenoxy) is 1. The van der Waals surface area contributed by atoms with E-state index in [4.69, 9.17) is 16.3 Å². The van der Waals surface area contributed by atoms with Crippen LogP contribution in [0.3, 0.4) is 0 Å². The van der Waals surface area contributed by atoms with Crippen LogP contribution in [0.1, 0.15) is 19.4 Å². The molecule has 84 valence electrons. The molecule has 15 heavy (non-hydrogen) atoms. The Morgan fingerprint density at radius 1 is 1.40 bits per heavy atom. The highest BCUT2D eigenvalue weighted by molar-refractivity contribution is 6.17. The molecule has 0 saturated carbocycles. The van der Waals surface area contributed by atoms with Crippen molar-refractivity contribution in [1.82, 2.24) is 5.32 Å². The van der Waals surface area contributed by atoms with Gasteiger partial charge in [-0.3, -0.25) is 0 Å². The van der Waals surface area contributed by atoms with E-state index in [0.29, 0.717) is 6.00 Å². The normalized spacial score (nSPS) is 11.5. The molecule has 0 saturated heterocycles. The van der Waals surface area contributed by atoms with Crippen LogP contribution in [0.4, 0.5) is 0 Å². The number of alkyl halides is 1. The van der Waals surface area contributed by atoms with E-state index in [1.54, 1.807) is 7.11 Å². The maximum absolute atomic E-state index is 5.62. The van der Waals surface area contributed by atoms with Crippen molar-refractivity contribution in [3.63, 3.8) is 0 Å². The molecule has 0 aliphatic carbocycles. The lowest BCUT2D eigenvalue weighted by atomic mass is 9.84. The minimum absolute atomic E-state index is 0.0590. The highest BCUT2D eigenvalue weighted by Gasteiger charge is 2.20. The first-order valence-electron chi connectivity index (χ1n) is 5.01. The summed E-state index contributed by atoms with van der Waals surface area (Å²) in [6.07, 6.45) is 0. The van der Waals surface area contributed by atoms with Gasteiger partial charge in [0.1, 0.15) is 5.75 Å². The quantitative estimate of drug-likeness (QED) is 0.617. The van der Waals surface area contributed by atoms with Gasteiger partial charge in [-0.25, -0.2) is 0 Å². The summed E-state index contributed by atoms with van der Waals surface area (Å²) in [6.45, 7) is 5.21. The number of rotatable bonds is 5. The van der Waals surface area contributed by atoms with Gasteiger partial charge in [0.15, 0.2) is 0 Å². The van der Waals surface area contributed by atoms with Crippen LogP contribution in [-0.2, 0) is 5.41 Å². The van der Waals surface area contributed by atoms with Crippen molar-refractivity contribution in [1.29, 1.82) is 0 Å². The summed E-state index contributed by atoms with van der Waals surface area (Å²) in [4.78, 5) is 0. The lowest BCUT2D eigenvalue weighted by Gasteiger charge is -2.25. The smallest absolute Gasteiger partial charge is 0.119 e. The zero-order chi connectivity index (χ0) is 11.3. The van der Waals surface area contributed by atoms with Gasteiger partial charge in [0.2, 0.25) is 0 Å². The van der Waals surface area contributed by atoms with Crippen molar-refractivity contribution in [2.45, 2.75) is 19.3 Å². The van der Waals surface area contributed by atoms with Crippen LogP contribution in [-0.4, -0.2) is 19.7 Å². The summed E-state index contributed by atoms with van der Waals surface area (Å²) in [5, 5.41) is 3.15. The van der Waals surface area contributed by atoms with Crippen LogP contribution in [0.15, 0.2) is 24.3 Å². The summed E-state index contributed by atoms with van der Waals surface area (Å²) >= 11 is 5.62. The molecule has 0 heterocycles. The van der Waals surface area contributed by atoms with E-state index in [0.717, 1.165) is 12.3 Å². The van der Waals surface area contributed by atoms with Gasteiger partial charge in [0, 0.05) is 12.0 Å². The van der Waals surface area contributed by atoms with Gasteiger partial charge in [-0.05, 0) is 17.7 Å². The van der Waals surface area contributed by atoms with Crippen molar-refractivity contribution >= 4 is 11.6 Å². The Kier molecular flexibility index (Phi) is 4.43. The first-order valence-corrected chi connectivity index (χ1v) is 5.55. The van der Waals surface area contributed by atoms with E-state index in [1.165, 1.54) is 5.56 Å². The Morgan fingerprint density at radius 2 is 2.13 bits per heavy atom. The largest absolute Gasteiger partial charge is 0.497 e. The molecule has 0 atom stereocenters. The number of benzene rings is 1. The Labute approximate surface area is 96.6 Å². The fourth-order valence-electron chi connectivity index (χ4n) is 1.51. The first kappa shape index (κ1) is 12.3.